The van der Waals surface area contributed by atoms with Crippen LogP contribution in [0.3, 0.4) is 0 Å². The number of benzene rings is 2. The van der Waals surface area contributed by atoms with Gasteiger partial charge in [0, 0.05) is 17.1 Å². The fraction of sp³-hybridized carbons (Fsp3) is 0.588. The second kappa shape index (κ2) is 13.1. The maximum Gasteiger partial charge on any atom is 0.127 e. The van der Waals surface area contributed by atoms with Crippen molar-refractivity contribution in [3.05, 3.63) is 70.3 Å². The van der Waals surface area contributed by atoms with E-state index in [1.165, 1.54) is 94.0 Å². The molecule has 5 fully saturated rings. The van der Waals surface area contributed by atoms with Crippen LogP contribution in [0, 0.1) is 29.6 Å². The number of hydrogen-bond acceptors (Lipinski definition) is 2. The standard InChI is InChI=1S/C34H44ClNO.HI/c1-36-16-15-24(23-36)8-4-2-3-7-17-37-32-10-6-5-9-31(32)34(27-11-13-30(35)14-12-27)33-28-19-25-18-26(21-28)22-29(33)20-25;/h5-6,9-14,24-26,28-29H,2-4,7-8,15-23H2,1H3;1H. The summed E-state index contributed by atoms with van der Waals surface area (Å²) in [5, 5.41) is 0.808. The van der Waals surface area contributed by atoms with Gasteiger partial charge in [-0.05, 0) is 124 Å². The predicted molar refractivity (Wildman–Crippen MR) is 171 cm³/mol. The van der Waals surface area contributed by atoms with Crippen molar-refractivity contribution in [3.63, 3.8) is 0 Å². The van der Waals surface area contributed by atoms with E-state index < -0.39 is 0 Å². The molecule has 1 aliphatic heterocycles. The van der Waals surface area contributed by atoms with Crippen molar-refractivity contribution in [2.24, 2.45) is 29.6 Å². The van der Waals surface area contributed by atoms with E-state index in [0.29, 0.717) is 0 Å². The molecule has 2 aromatic carbocycles. The number of allylic oxidation sites excluding steroid dienone is 1. The van der Waals surface area contributed by atoms with Gasteiger partial charge < -0.3 is 9.64 Å². The molecule has 4 bridgehead atoms. The van der Waals surface area contributed by atoms with E-state index in [0.717, 1.165) is 53.4 Å². The first-order valence-electron chi connectivity index (χ1n) is 15.0. The molecule has 7 rings (SSSR count). The van der Waals surface area contributed by atoms with Gasteiger partial charge in [0.2, 0.25) is 0 Å². The zero-order valence-electron chi connectivity index (χ0n) is 23.0. The molecule has 206 valence electrons. The molecule has 2 aromatic rings. The topological polar surface area (TPSA) is 12.5 Å². The quantitative estimate of drug-likeness (QED) is 0.189. The summed E-state index contributed by atoms with van der Waals surface area (Å²) in [5.41, 5.74) is 5.77. The largest absolute Gasteiger partial charge is 0.493 e. The minimum Gasteiger partial charge on any atom is -0.493 e. The number of unbranched alkanes of at least 4 members (excludes halogenated alkanes) is 3. The van der Waals surface area contributed by atoms with E-state index >= 15 is 0 Å². The van der Waals surface area contributed by atoms with E-state index in [1.807, 2.05) is 0 Å². The Morgan fingerprint density at radius 3 is 2.24 bits per heavy atom. The van der Waals surface area contributed by atoms with Gasteiger partial charge in [0.05, 0.1) is 6.61 Å². The van der Waals surface area contributed by atoms with Crippen LogP contribution < -0.4 is 4.74 Å². The third-order valence-electron chi connectivity index (χ3n) is 9.85. The number of halogens is 2. The van der Waals surface area contributed by atoms with Crippen molar-refractivity contribution in [1.29, 1.82) is 0 Å². The molecule has 2 nitrogen and oxygen atoms in total. The third kappa shape index (κ3) is 6.47. The van der Waals surface area contributed by atoms with Crippen LogP contribution in [0.2, 0.25) is 5.02 Å². The van der Waals surface area contributed by atoms with Gasteiger partial charge in [-0.2, -0.15) is 0 Å². The average Bonchev–Trinajstić information content (AvgIpc) is 3.31. The summed E-state index contributed by atoms with van der Waals surface area (Å²) < 4.78 is 6.53. The molecule has 4 aliphatic carbocycles. The molecule has 0 amide bonds. The smallest absolute Gasteiger partial charge is 0.127 e. The average molecular weight is 646 g/mol. The molecule has 0 radical (unpaired) electrons. The maximum absolute atomic E-state index is 6.53. The van der Waals surface area contributed by atoms with Gasteiger partial charge in [0.1, 0.15) is 5.75 Å². The number of ether oxygens (including phenoxy) is 1. The Balaban J connectivity index is 0.00000294. The predicted octanol–water partition coefficient (Wildman–Crippen LogP) is 9.50. The summed E-state index contributed by atoms with van der Waals surface area (Å²) in [7, 11) is 2.26. The molecule has 1 unspecified atom stereocenters. The summed E-state index contributed by atoms with van der Waals surface area (Å²) in [5.74, 6) is 5.39. The van der Waals surface area contributed by atoms with Crippen molar-refractivity contribution < 1.29 is 4.74 Å². The van der Waals surface area contributed by atoms with Gasteiger partial charge in [0.15, 0.2) is 0 Å². The summed E-state index contributed by atoms with van der Waals surface area (Å²) in [6, 6.07) is 17.4. The first-order chi connectivity index (χ1) is 18.1. The molecule has 4 saturated carbocycles. The number of likely N-dealkylation sites (tertiary alicyclic amines) is 1. The SMILES string of the molecule is CN1CCC(CCCCCCOc2ccccc2C(=C2C3CC4CC(C3)CC2C4)c2ccc(Cl)cc2)C1.I. The zero-order valence-corrected chi connectivity index (χ0v) is 26.1. The molecule has 1 heterocycles. The molecule has 4 heteroatoms. The first-order valence-corrected chi connectivity index (χ1v) is 15.4. The Bertz CT molecular complexity index is 1070. The lowest BCUT2D eigenvalue weighted by molar-refractivity contribution is 0.0705. The van der Waals surface area contributed by atoms with E-state index in [-0.39, 0.29) is 24.0 Å². The van der Waals surface area contributed by atoms with Gasteiger partial charge >= 0.3 is 0 Å². The maximum atomic E-state index is 6.53. The van der Waals surface area contributed by atoms with Crippen LogP contribution in [0.25, 0.3) is 5.57 Å². The summed E-state index contributed by atoms with van der Waals surface area (Å²) in [6.07, 6.45) is 14.9. The lowest BCUT2D eigenvalue weighted by Gasteiger charge is -2.52. The normalized spacial score (nSPS) is 27.9. The minimum atomic E-state index is 0. The van der Waals surface area contributed by atoms with Gasteiger partial charge in [-0.25, -0.2) is 0 Å². The summed E-state index contributed by atoms with van der Waals surface area (Å²) in [4.78, 5) is 2.48. The van der Waals surface area contributed by atoms with Crippen molar-refractivity contribution in [2.45, 2.75) is 70.6 Å². The Hall–Kier alpha value is -1.04. The fourth-order valence-electron chi connectivity index (χ4n) is 8.33. The van der Waals surface area contributed by atoms with Crippen LogP contribution in [-0.2, 0) is 0 Å². The Labute approximate surface area is 252 Å². The van der Waals surface area contributed by atoms with Crippen LogP contribution in [-0.4, -0.2) is 31.6 Å². The Morgan fingerprint density at radius 1 is 0.868 bits per heavy atom. The molecule has 0 aromatic heterocycles. The van der Waals surface area contributed by atoms with Crippen LogP contribution >= 0.6 is 35.6 Å². The van der Waals surface area contributed by atoms with Gasteiger partial charge in [0.25, 0.3) is 0 Å². The van der Waals surface area contributed by atoms with Gasteiger partial charge in [-0.3, -0.25) is 0 Å². The number of rotatable bonds is 10. The molecule has 0 spiro atoms. The summed E-state index contributed by atoms with van der Waals surface area (Å²) in [6.45, 7) is 3.40. The van der Waals surface area contributed by atoms with Crippen molar-refractivity contribution >= 4 is 41.2 Å². The summed E-state index contributed by atoms with van der Waals surface area (Å²) >= 11 is 6.32. The number of para-hydroxylation sites is 1. The highest BCUT2D eigenvalue weighted by molar-refractivity contribution is 14.0. The second-order valence-electron chi connectivity index (χ2n) is 12.6. The molecule has 0 N–H and O–H groups in total. The van der Waals surface area contributed by atoms with E-state index in [9.17, 15) is 0 Å². The number of nitrogens with zero attached hydrogens (tertiary/aromatic N) is 1. The van der Waals surface area contributed by atoms with Gasteiger partial charge in [-0.1, -0.05) is 66.8 Å². The lowest BCUT2D eigenvalue weighted by Crippen LogP contribution is -2.40. The highest BCUT2D eigenvalue weighted by atomic mass is 127. The number of hydrogen-bond donors (Lipinski definition) is 0. The Kier molecular flexibility index (Phi) is 9.81. The van der Waals surface area contributed by atoms with E-state index in [1.54, 1.807) is 5.57 Å². The van der Waals surface area contributed by atoms with Gasteiger partial charge in [-0.15, -0.1) is 24.0 Å². The monoisotopic (exact) mass is 645 g/mol. The molecular weight excluding hydrogens is 601 g/mol. The molecule has 5 aliphatic rings. The first kappa shape index (κ1) is 28.5. The lowest BCUT2D eigenvalue weighted by atomic mass is 9.53. The van der Waals surface area contributed by atoms with Crippen molar-refractivity contribution in [1.82, 2.24) is 4.90 Å². The van der Waals surface area contributed by atoms with Crippen molar-refractivity contribution in [3.8, 4) is 5.75 Å². The van der Waals surface area contributed by atoms with Crippen LogP contribution in [0.5, 0.6) is 5.75 Å². The van der Waals surface area contributed by atoms with Crippen LogP contribution in [0.4, 0.5) is 0 Å². The molecule has 38 heavy (non-hydrogen) atoms. The van der Waals surface area contributed by atoms with Crippen LogP contribution in [0.15, 0.2) is 54.1 Å². The molecular formula is C34H45ClINO. The molecule has 1 atom stereocenters. The second-order valence-corrected chi connectivity index (χ2v) is 13.0. The highest BCUT2D eigenvalue weighted by Gasteiger charge is 2.46. The zero-order chi connectivity index (χ0) is 25.2. The van der Waals surface area contributed by atoms with Crippen LogP contribution in [0.1, 0.15) is 81.8 Å². The van der Waals surface area contributed by atoms with Crippen molar-refractivity contribution in [2.75, 3.05) is 26.7 Å². The molecule has 1 saturated heterocycles. The highest BCUT2D eigenvalue weighted by Crippen LogP contribution is 2.59. The Morgan fingerprint density at radius 2 is 1.55 bits per heavy atom. The van der Waals surface area contributed by atoms with E-state index in [4.69, 9.17) is 16.3 Å². The van der Waals surface area contributed by atoms with E-state index in [2.05, 4.69) is 60.5 Å². The third-order valence-corrected chi connectivity index (χ3v) is 10.1. The fourth-order valence-corrected chi connectivity index (χ4v) is 8.45. The minimum absolute atomic E-state index is 0.